The molecule has 1 unspecified atom stereocenters. The predicted octanol–water partition coefficient (Wildman–Crippen LogP) is 3.89. The Balaban J connectivity index is 1.45. The number of anilines is 2. The fraction of sp³-hybridized carbons (Fsp3) is 0.391. The van der Waals surface area contributed by atoms with Gasteiger partial charge < -0.3 is 30.9 Å². The van der Waals surface area contributed by atoms with E-state index in [1.807, 2.05) is 6.92 Å². The lowest BCUT2D eigenvalue weighted by molar-refractivity contribution is 0.245. The summed E-state index contributed by atoms with van der Waals surface area (Å²) in [6, 6.07) is 11.2. The van der Waals surface area contributed by atoms with Gasteiger partial charge in [-0.3, -0.25) is 0 Å². The van der Waals surface area contributed by atoms with Crippen LogP contribution in [0.2, 0.25) is 0 Å². The highest BCUT2D eigenvalue weighted by Crippen LogP contribution is 2.26. The van der Waals surface area contributed by atoms with Gasteiger partial charge in [0.1, 0.15) is 16.8 Å². The Labute approximate surface area is 198 Å². The monoisotopic (exact) mass is 486 g/mol. The average molecular weight is 487 g/mol. The molecule has 0 spiro atoms. The summed E-state index contributed by atoms with van der Waals surface area (Å²) in [5, 5.41) is 9.14. The number of hydrogen-bond acceptors (Lipinski definition) is 7. The summed E-state index contributed by atoms with van der Waals surface area (Å²) < 4.78 is 30.9. The number of fused-ring (bicyclic) bond motifs is 1. The van der Waals surface area contributed by atoms with E-state index in [1.54, 1.807) is 42.5 Å². The predicted molar refractivity (Wildman–Crippen MR) is 131 cm³/mol. The van der Waals surface area contributed by atoms with Crippen molar-refractivity contribution < 1.29 is 17.4 Å². The first-order chi connectivity index (χ1) is 16.3. The number of carbonyl (C=O) groups excluding carboxylic acids is 1. The van der Waals surface area contributed by atoms with E-state index in [0.29, 0.717) is 29.4 Å². The number of rotatable bonds is 10. The maximum absolute atomic E-state index is 12.8. The zero-order chi connectivity index (χ0) is 24.1. The minimum absolute atomic E-state index is 0.0801. The van der Waals surface area contributed by atoms with Crippen LogP contribution in [0.4, 0.5) is 16.4 Å². The van der Waals surface area contributed by atoms with Crippen LogP contribution in [0.1, 0.15) is 45.4 Å². The quantitative estimate of drug-likeness (QED) is 0.215. The van der Waals surface area contributed by atoms with Crippen LogP contribution >= 0.6 is 0 Å². The smallest absolute Gasteiger partial charge is 0.339 e. The number of aromatic amines is 1. The molecule has 0 saturated heterocycles. The van der Waals surface area contributed by atoms with Crippen molar-refractivity contribution in [3.05, 3.63) is 42.5 Å². The molecule has 6 N–H and O–H groups in total. The van der Waals surface area contributed by atoms with E-state index in [-0.39, 0.29) is 16.8 Å². The maximum Gasteiger partial charge on any atom is 0.339 e. The molecule has 0 bridgehead atoms. The Hall–Kier alpha value is -3.47. The number of nitrogens with zero attached hydrogens (tertiary/aromatic N) is 1. The third-order valence-electron chi connectivity index (χ3n) is 5.73. The molecule has 2 aromatic carbocycles. The first kappa shape index (κ1) is 23.7. The van der Waals surface area contributed by atoms with Gasteiger partial charge in [-0.1, -0.05) is 26.2 Å². The van der Waals surface area contributed by atoms with E-state index in [0.717, 1.165) is 24.9 Å². The molecule has 10 nitrogen and oxygen atoms in total. The molecule has 0 aliphatic heterocycles. The molecule has 1 heterocycles. The van der Waals surface area contributed by atoms with Gasteiger partial charge in [0.2, 0.25) is 5.95 Å². The largest absolute Gasteiger partial charge is 0.382 e. The van der Waals surface area contributed by atoms with E-state index < -0.39 is 16.1 Å². The van der Waals surface area contributed by atoms with E-state index in [1.165, 1.54) is 12.8 Å². The van der Waals surface area contributed by atoms with Gasteiger partial charge in [-0.05, 0) is 55.7 Å². The van der Waals surface area contributed by atoms with Gasteiger partial charge in [-0.25, -0.2) is 9.78 Å². The van der Waals surface area contributed by atoms with Gasteiger partial charge in [-0.15, -0.1) is 0 Å². The SMILES string of the molecule is CCCC(NC(N)=O)Nc1nc2ccc(OS(=O)(=O)c3ccc(NC4CCCC4)cc3)cc2[nH]1. The van der Waals surface area contributed by atoms with Crippen molar-refractivity contribution in [1.29, 1.82) is 0 Å². The zero-order valence-corrected chi connectivity index (χ0v) is 19.8. The molecule has 182 valence electrons. The van der Waals surface area contributed by atoms with Crippen molar-refractivity contribution in [2.24, 2.45) is 5.73 Å². The van der Waals surface area contributed by atoms with Crippen LogP contribution in [0.3, 0.4) is 0 Å². The van der Waals surface area contributed by atoms with E-state index in [9.17, 15) is 13.2 Å². The Morgan fingerprint density at radius 2 is 1.94 bits per heavy atom. The van der Waals surface area contributed by atoms with Crippen LogP contribution in [0, 0.1) is 0 Å². The first-order valence-electron chi connectivity index (χ1n) is 11.5. The normalized spacial score (nSPS) is 15.2. The van der Waals surface area contributed by atoms with Crippen LogP contribution in [0.25, 0.3) is 11.0 Å². The summed E-state index contributed by atoms with van der Waals surface area (Å²) in [4.78, 5) is 18.8. The number of carbonyl (C=O) groups is 1. The fourth-order valence-corrected chi connectivity index (χ4v) is 5.04. The van der Waals surface area contributed by atoms with E-state index >= 15 is 0 Å². The number of benzene rings is 2. The Kier molecular flexibility index (Phi) is 7.11. The molecular formula is C23H30N6O4S. The Morgan fingerprint density at radius 1 is 1.21 bits per heavy atom. The van der Waals surface area contributed by atoms with Crippen LogP contribution < -0.4 is 25.9 Å². The molecule has 1 aromatic heterocycles. The number of nitrogens with one attached hydrogen (secondary N) is 4. The molecule has 1 aliphatic rings. The molecule has 1 saturated carbocycles. The lowest BCUT2D eigenvalue weighted by Gasteiger charge is -2.17. The molecule has 34 heavy (non-hydrogen) atoms. The second kappa shape index (κ2) is 10.2. The van der Waals surface area contributed by atoms with Crippen molar-refractivity contribution in [2.75, 3.05) is 10.6 Å². The lowest BCUT2D eigenvalue weighted by atomic mass is 10.2. The molecule has 1 fully saturated rings. The van der Waals surface area contributed by atoms with Gasteiger partial charge >= 0.3 is 16.1 Å². The van der Waals surface area contributed by atoms with Gasteiger partial charge in [0, 0.05) is 17.8 Å². The minimum Gasteiger partial charge on any atom is -0.382 e. The highest BCUT2D eigenvalue weighted by Gasteiger charge is 2.19. The molecule has 1 atom stereocenters. The third kappa shape index (κ3) is 5.90. The highest BCUT2D eigenvalue weighted by atomic mass is 32.2. The van der Waals surface area contributed by atoms with Crippen LogP contribution in [-0.2, 0) is 10.1 Å². The topological polar surface area (TPSA) is 151 Å². The summed E-state index contributed by atoms with van der Waals surface area (Å²) in [6.45, 7) is 1.99. The van der Waals surface area contributed by atoms with Gasteiger partial charge in [0.05, 0.1) is 11.0 Å². The second-order valence-corrected chi connectivity index (χ2v) is 9.99. The number of nitrogens with two attached hydrogens (primary N) is 1. The lowest BCUT2D eigenvalue weighted by Crippen LogP contribution is -2.43. The number of primary amides is 1. The molecule has 1 aliphatic carbocycles. The number of hydrogen-bond donors (Lipinski definition) is 5. The Morgan fingerprint density at radius 3 is 2.62 bits per heavy atom. The molecule has 0 radical (unpaired) electrons. The minimum atomic E-state index is -4.00. The highest BCUT2D eigenvalue weighted by molar-refractivity contribution is 7.87. The van der Waals surface area contributed by atoms with Gasteiger partial charge in [0.25, 0.3) is 0 Å². The van der Waals surface area contributed by atoms with Crippen LogP contribution in [0.5, 0.6) is 5.75 Å². The van der Waals surface area contributed by atoms with Crippen LogP contribution in [-0.4, -0.2) is 36.6 Å². The standard InChI is InChI=1S/C23H30N6O4S/c1-2-5-21(28-22(24)30)29-23-26-19-13-10-17(14-20(19)27-23)33-34(31,32)18-11-8-16(9-12-18)25-15-6-3-4-7-15/h8-15,21,25H,2-7H2,1H3,(H3,24,28,30)(H2,26,27,29). The van der Waals surface area contributed by atoms with Crippen molar-refractivity contribution in [3.8, 4) is 5.75 Å². The summed E-state index contributed by atoms with van der Waals surface area (Å²) in [5.74, 6) is 0.587. The van der Waals surface area contributed by atoms with E-state index in [2.05, 4.69) is 25.9 Å². The molecule has 11 heteroatoms. The van der Waals surface area contributed by atoms with Gasteiger partial charge in [0.15, 0.2) is 0 Å². The molecule has 2 amide bonds. The average Bonchev–Trinajstić information content (AvgIpc) is 3.42. The third-order valence-corrected chi connectivity index (χ3v) is 6.99. The Bertz CT molecular complexity index is 1240. The van der Waals surface area contributed by atoms with Crippen molar-refractivity contribution >= 4 is 38.8 Å². The zero-order valence-electron chi connectivity index (χ0n) is 19.0. The van der Waals surface area contributed by atoms with E-state index in [4.69, 9.17) is 9.92 Å². The number of H-pyrrole nitrogens is 1. The summed E-state index contributed by atoms with van der Waals surface area (Å²) >= 11 is 0. The number of urea groups is 1. The molecular weight excluding hydrogens is 456 g/mol. The van der Waals surface area contributed by atoms with Crippen molar-refractivity contribution in [1.82, 2.24) is 15.3 Å². The number of amides is 2. The summed E-state index contributed by atoms with van der Waals surface area (Å²) in [6.07, 6.45) is 5.81. The number of imidazole rings is 1. The van der Waals surface area contributed by atoms with Crippen molar-refractivity contribution in [2.45, 2.75) is 62.6 Å². The summed E-state index contributed by atoms with van der Waals surface area (Å²) in [5.41, 5.74) is 7.32. The fourth-order valence-electron chi connectivity index (χ4n) is 4.11. The second-order valence-electron chi connectivity index (χ2n) is 8.45. The maximum atomic E-state index is 12.8. The molecule has 3 aromatic rings. The first-order valence-corrected chi connectivity index (χ1v) is 12.9. The number of aromatic nitrogens is 2. The summed E-state index contributed by atoms with van der Waals surface area (Å²) in [7, 11) is -4.00. The van der Waals surface area contributed by atoms with Gasteiger partial charge in [-0.2, -0.15) is 8.42 Å². The van der Waals surface area contributed by atoms with Crippen LogP contribution in [0.15, 0.2) is 47.4 Å². The molecule has 4 rings (SSSR count). The van der Waals surface area contributed by atoms with Crippen molar-refractivity contribution in [3.63, 3.8) is 0 Å².